The molecule has 3 atom stereocenters. The summed E-state index contributed by atoms with van der Waals surface area (Å²) in [6, 6.07) is 2.86. The zero-order valence-corrected chi connectivity index (χ0v) is 14.2. The third-order valence-corrected chi connectivity index (χ3v) is 7.41. The molecule has 8 heteroatoms. The maximum Gasteiger partial charge on any atom is 0.246 e. The molecule has 0 amide bonds. The van der Waals surface area contributed by atoms with Gasteiger partial charge in [0.15, 0.2) is 0 Å². The fourth-order valence-corrected chi connectivity index (χ4v) is 6.39. The van der Waals surface area contributed by atoms with Gasteiger partial charge in [-0.2, -0.15) is 4.31 Å². The maximum atomic E-state index is 12.8. The van der Waals surface area contributed by atoms with E-state index in [1.54, 1.807) is 0 Å². The Morgan fingerprint density at radius 1 is 1.10 bits per heavy atom. The van der Waals surface area contributed by atoms with Crippen LogP contribution >= 0.6 is 34.8 Å². The summed E-state index contributed by atoms with van der Waals surface area (Å²) in [7, 11) is -3.73. The molecule has 2 fully saturated rings. The van der Waals surface area contributed by atoms with Crippen molar-refractivity contribution >= 4 is 44.8 Å². The zero-order chi connectivity index (χ0) is 15.4. The van der Waals surface area contributed by atoms with Crippen molar-refractivity contribution in [2.75, 3.05) is 13.1 Å². The highest BCUT2D eigenvalue weighted by Gasteiger charge is 2.45. The molecule has 1 saturated heterocycles. The molecule has 2 N–H and O–H groups in total. The van der Waals surface area contributed by atoms with E-state index in [9.17, 15) is 8.42 Å². The minimum Gasteiger partial charge on any atom is -0.327 e. The maximum absolute atomic E-state index is 12.8. The van der Waals surface area contributed by atoms with Crippen LogP contribution < -0.4 is 5.73 Å². The fraction of sp³-hybridized carbons (Fsp3) is 0.538. The Hall–Kier alpha value is -0.0400. The van der Waals surface area contributed by atoms with Crippen molar-refractivity contribution in [2.45, 2.75) is 23.8 Å². The average Bonchev–Trinajstić information content (AvgIpc) is 2.90. The van der Waals surface area contributed by atoms with E-state index in [1.807, 2.05) is 0 Å². The van der Waals surface area contributed by atoms with Gasteiger partial charge in [-0.25, -0.2) is 8.42 Å². The van der Waals surface area contributed by atoms with Gasteiger partial charge in [0.2, 0.25) is 10.0 Å². The van der Waals surface area contributed by atoms with Crippen molar-refractivity contribution in [3.05, 3.63) is 27.2 Å². The second kappa shape index (κ2) is 5.55. The molecule has 0 aromatic heterocycles. The van der Waals surface area contributed by atoms with Crippen LogP contribution in [0.25, 0.3) is 0 Å². The fourth-order valence-electron chi connectivity index (χ4n) is 3.37. The van der Waals surface area contributed by atoms with Gasteiger partial charge in [-0.05, 0) is 36.8 Å². The number of fused-ring (bicyclic) bond motifs is 1. The standard InChI is InChI=1S/C13H15Cl3N2O2S/c14-8-3-10(15)13(11(16)4-8)21(19,20)18-5-7-1-2-12(17)9(7)6-18/h3-4,7,9,12H,1-2,5-6,17H2. The van der Waals surface area contributed by atoms with E-state index in [0.29, 0.717) is 24.0 Å². The summed E-state index contributed by atoms with van der Waals surface area (Å²) in [4.78, 5) is -0.0659. The minimum absolute atomic E-state index is 0.0499. The largest absolute Gasteiger partial charge is 0.327 e. The van der Waals surface area contributed by atoms with Gasteiger partial charge in [-0.15, -0.1) is 0 Å². The zero-order valence-electron chi connectivity index (χ0n) is 11.1. The summed E-state index contributed by atoms with van der Waals surface area (Å²) in [5.41, 5.74) is 6.05. The van der Waals surface area contributed by atoms with Crippen molar-refractivity contribution in [3.63, 3.8) is 0 Å². The van der Waals surface area contributed by atoms with E-state index in [1.165, 1.54) is 16.4 Å². The number of nitrogens with zero attached hydrogens (tertiary/aromatic N) is 1. The highest BCUT2D eigenvalue weighted by atomic mass is 35.5. The molecule has 2 aliphatic rings. The van der Waals surface area contributed by atoms with E-state index in [2.05, 4.69) is 0 Å². The van der Waals surface area contributed by atoms with Crippen molar-refractivity contribution in [2.24, 2.45) is 17.6 Å². The first-order chi connectivity index (χ1) is 9.80. The molecule has 1 aliphatic carbocycles. The van der Waals surface area contributed by atoms with E-state index < -0.39 is 10.0 Å². The van der Waals surface area contributed by atoms with Crippen LogP contribution in [0.15, 0.2) is 17.0 Å². The summed E-state index contributed by atoms with van der Waals surface area (Å²) in [6.45, 7) is 0.916. The first-order valence-electron chi connectivity index (χ1n) is 6.71. The Morgan fingerprint density at radius 3 is 2.29 bits per heavy atom. The monoisotopic (exact) mass is 368 g/mol. The number of nitrogens with two attached hydrogens (primary N) is 1. The molecule has 1 heterocycles. The molecule has 21 heavy (non-hydrogen) atoms. The SMILES string of the molecule is NC1CCC2CN(S(=O)(=O)c3c(Cl)cc(Cl)cc3Cl)CC12. The van der Waals surface area contributed by atoms with Crippen LogP contribution in [-0.2, 0) is 10.0 Å². The number of sulfonamides is 1. The Kier molecular flexibility index (Phi) is 4.19. The van der Waals surface area contributed by atoms with Crippen molar-refractivity contribution in [1.82, 2.24) is 4.31 Å². The van der Waals surface area contributed by atoms with Crippen LogP contribution in [-0.4, -0.2) is 31.9 Å². The molecule has 1 aromatic carbocycles. The molecule has 0 spiro atoms. The molecular weight excluding hydrogens is 355 g/mol. The Balaban J connectivity index is 1.96. The summed E-state index contributed by atoms with van der Waals surface area (Å²) in [6.07, 6.45) is 1.94. The number of halogens is 3. The van der Waals surface area contributed by atoms with Gasteiger partial charge in [0.25, 0.3) is 0 Å². The molecule has 0 radical (unpaired) electrons. The first kappa shape index (κ1) is 15.8. The minimum atomic E-state index is -3.73. The van der Waals surface area contributed by atoms with E-state index in [-0.39, 0.29) is 26.9 Å². The highest BCUT2D eigenvalue weighted by Crippen LogP contribution is 2.41. The molecule has 116 valence electrons. The Labute approximate surface area is 139 Å². The number of benzene rings is 1. The summed E-state index contributed by atoms with van der Waals surface area (Å²) >= 11 is 17.9. The predicted molar refractivity (Wildman–Crippen MR) is 84.4 cm³/mol. The second-order valence-corrected chi connectivity index (χ2v) is 8.81. The second-order valence-electron chi connectivity index (χ2n) is 5.69. The van der Waals surface area contributed by atoms with Crippen molar-refractivity contribution in [1.29, 1.82) is 0 Å². The molecule has 3 rings (SSSR count). The summed E-state index contributed by atoms with van der Waals surface area (Å²) < 4.78 is 27.0. The van der Waals surface area contributed by atoms with Gasteiger partial charge in [0, 0.05) is 24.2 Å². The van der Waals surface area contributed by atoms with Crippen LogP contribution in [0.1, 0.15) is 12.8 Å². The third kappa shape index (κ3) is 2.69. The van der Waals surface area contributed by atoms with Crippen LogP contribution in [0.4, 0.5) is 0 Å². The van der Waals surface area contributed by atoms with Gasteiger partial charge >= 0.3 is 0 Å². The molecule has 1 aliphatic heterocycles. The van der Waals surface area contributed by atoms with Crippen LogP contribution in [0.5, 0.6) is 0 Å². The Morgan fingerprint density at radius 2 is 1.71 bits per heavy atom. The predicted octanol–water partition coefficient (Wildman–Crippen LogP) is 3.00. The lowest BCUT2D eigenvalue weighted by molar-refractivity contribution is 0.427. The van der Waals surface area contributed by atoms with Crippen molar-refractivity contribution in [3.8, 4) is 0 Å². The number of rotatable bonds is 2. The van der Waals surface area contributed by atoms with Gasteiger partial charge < -0.3 is 5.73 Å². The van der Waals surface area contributed by atoms with Crippen LogP contribution in [0.3, 0.4) is 0 Å². The third-order valence-electron chi connectivity index (χ3n) is 4.44. The quantitative estimate of drug-likeness (QED) is 0.871. The summed E-state index contributed by atoms with van der Waals surface area (Å²) in [5.74, 6) is 0.559. The van der Waals surface area contributed by atoms with Crippen molar-refractivity contribution < 1.29 is 8.42 Å². The smallest absolute Gasteiger partial charge is 0.246 e. The van der Waals surface area contributed by atoms with Crippen LogP contribution in [0, 0.1) is 11.8 Å². The van der Waals surface area contributed by atoms with Gasteiger partial charge in [0.1, 0.15) is 4.90 Å². The normalized spacial score (nSPS) is 29.8. The lowest BCUT2D eigenvalue weighted by Crippen LogP contribution is -2.33. The molecule has 3 unspecified atom stereocenters. The molecule has 1 aromatic rings. The molecule has 1 saturated carbocycles. The van der Waals surface area contributed by atoms with Gasteiger partial charge in [-0.3, -0.25) is 0 Å². The van der Waals surface area contributed by atoms with E-state index in [4.69, 9.17) is 40.5 Å². The first-order valence-corrected chi connectivity index (χ1v) is 9.28. The van der Waals surface area contributed by atoms with Gasteiger partial charge in [0.05, 0.1) is 10.0 Å². The van der Waals surface area contributed by atoms with E-state index >= 15 is 0 Å². The molecular formula is C13H15Cl3N2O2S. The molecule has 4 nitrogen and oxygen atoms in total. The molecule has 0 bridgehead atoms. The van der Waals surface area contributed by atoms with Gasteiger partial charge in [-0.1, -0.05) is 34.8 Å². The highest BCUT2D eigenvalue weighted by molar-refractivity contribution is 7.89. The number of hydrogen-bond acceptors (Lipinski definition) is 3. The summed E-state index contributed by atoms with van der Waals surface area (Å²) in [5, 5.41) is 0.409. The van der Waals surface area contributed by atoms with Crippen LogP contribution in [0.2, 0.25) is 15.1 Å². The lowest BCUT2D eigenvalue weighted by atomic mass is 9.98. The Bertz CT molecular complexity index is 657. The van der Waals surface area contributed by atoms with E-state index in [0.717, 1.165) is 12.8 Å². The topological polar surface area (TPSA) is 63.4 Å². The average molecular weight is 370 g/mol. The lowest BCUT2D eigenvalue weighted by Gasteiger charge is -2.20. The number of hydrogen-bond donors (Lipinski definition) is 1.